The number of likely N-dealkylation sites (N-methyl/N-ethyl adjacent to an activating group) is 2. The molecule has 3 rings (SSSR count). The second-order valence-corrected chi connectivity index (χ2v) is 8.41. The van der Waals surface area contributed by atoms with Crippen molar-refractivity contribution in [1.29, 1.82) is 0 Å². The summed E-state index contributed by atoms with van der Waals surface area (Å²) in [5.41, 5.74) is 0.801. The van der Waals surface area contributed by atoms with Gasteiger partial charge < -0.3 is 4.90 Å². The van der Waals surface area contributed by atoms with E-state index < -0.39 is 10.0 Å². The molecule has 2 aromatic rings. The van der Waals surface area contributed by atoms with E-state index in [9.17, 15) is 13.2 Å². The van der Waals surface area contributed by atoms with Gasteiger partial charge in [0.1, 0.15) is 4.90 Å². The molecule has 1 amide bonds. The molecule has 0 N–H and O–H groups in total. The van der Waals surface area contributed by atoms with E-state index in [0.29, 0.717) is 19.4 Å². The van der Waals surface area contributed by atoms with E-state index in [1.54, 1.807) is 25.1 Å². The van der Waals surface area contributed by atoms with Crippen LogP contribution in [0.3, 0.4) is 0 Å². The molecule has 0 aromatic carbocycles. The van der Waals surface area contributed by atoms with Crippen LogP contribution in [-0.2, 0) is 14.8 Å². The Morgan fingerprint density at radius 2 is 2.23 bits per heavy atom. The number of sulfonamides is 1. The van der Waals surface area contributed by atoms with Crippen molar-refractivity contribution >= 4 is 37.5 Å². The lowest BCUT2D eigenvalue weighted by molar-refractivity contribution is -0.133. The molecule has 6 nitrogen and oxygen atoms in total. The summed E-state index contributed by atoms with van der Waals surface area (Å²) in [6.45, 7) is 0.420. The molecular weight excluding hydrogens is 322 g/mol. The first-order valence-electron chi connectivity index (χ1n) is 6.95. The Hall–Kier alpha value is -1.51. The molecule has 1 aliphatic heterocycles. The molecule has 0 aliphatic carbocycles. The molecule has 3 heterocycles. The average molecular weight is 339 g/mol. The first kappa shape index (κ1) is 15.4. The number of carbonyl (C=O) groups excluding carboxylic acids is 1. The largest absolute Gasteiger partial charge is 0.344 e. The van der Waals surface area contributed by atoms with Crippen molar-refractivity contribution in [3.05, 3.63) is 23.7 Å². The normalized spacial score (nSPS) is 20.0. The third-order valence-corrected chi connectivity index (χ3v) is 6.80. The molecule has 0 bridgehead atoms. The van der Waals surface area contributed by atoms with E-state index in [1.807, 2.05) is 11.4 Å². The van der Waals surface area contributed by atoms with Crippen LogP contribution in [0.2, 0.25) is 0 Å². The lowest BCUT2D eigenvalue weighted by Crippen LogP contribution is -2.49. The molecule has 0 radical (unpaired) electrons. The maximum atomic E-state index is 12.8. The lowest BCUT2D eigenvalue weighted by Gasteiger charge is -2.34. The van der Waals surface area contributed by atoms with Crippen LogP contribution in [0.15, 0.2) is 28.6 Å². The predicted octanol–water partition coefficient (Wildman–Crippen LogP) is 1.54. The third kappa shape index (κ3) is 2.62. The lowest BCUT2D eigenvalue weighted by atomic mass is 10.1. The van der Waals surface area contributed by atoms with Gasteiger partial charge >= 0.3 is 0 Å². The van der Waals surface area contributed by atoms with Crippen LogP contribution in [0.4, 0.5) is 0 Å². The number of amides is 1. The molecule has 0 spiro atoms. The molecule has 1 atom stereocenters. The molecule has 1 aliphatic rings. The summed E-state index contributed by atoms with van der Waals surface area (Å²) in [5, 5.41) is 1.89. The summed E-state index contributed by atoms with van der Waals surface area (Å²) in [6, 6.07) is 3.32. The van der Waals surface area contributed by atoms with Gasteiger partial charge in [-0.05, 0) is 23.9 Å². The van der Waals surface area contributed by atoms with E-state index in [2.05, 4.69) is 4.98 Å². The van der Waals surface area contributed by atoms with Gasteiger partial charge in [-0.2, -0.15) is 4.31 Å². The summed E-state index contributed by atoms with van der Waals surface area (Å²) in [6.07, 6.45) is 2.33. The van der Waals surface area contributed by atoms with Crippen LogP contribution in [0.5, 0.6) is 0 Å². The SMILES string of the molecule is CN1C[C@H](N(C)S(=O)(=O)c2cnc3ccsc3c2)CCC1=O. The molecular formula is C14H17N3O3S2. The number of piperidine rings is 1. The second-order valence-electron chi connectivity index (χ2n) is 5.46. The van der Waals surface area contributed by atoms with Gasteiger partial charge in [0.2, 0.25) is 15.9 Å². The van der Waals surface area contributed by atoms with Crippen molar-refractivity contribution in [2.24, 2.45) is 0 Å². The smallest absolute Gasteiger partial charge is 0.244 e. The van der Waals surface area contributed by atoms with Gasteiger partial charge in [-0.15, -0.1) is 11.3 Å². The van der Waals surface area contributed by atoms with Crippen LogP contribution in [0, 0.1) is 0 Å². The Bertz CT molecular complexity index is 816. The number of hydrogen-bond donors (Lipinski definition) is 0. The maximum absolute atomic E-state index is 12.8. The zero-order chi connectivity index (χ0) is 15.9. The van der Waals surface area contributed by atoms with Crippen LogP contribution in [0.25, 0.3) is 10.2 Å². The zero-order valence-electron chi connectivity index (χ0n) is 12.4. The fourth-order valence-electron chi connectivity index (χ4n) is 2.62. The summed E-state index contributed by atoms with van der Waals surface area (Å²) >= 11 is 1.47. The minimum Gasteiger partial charge on any atom is -0.344 e. The Morgan fingerprint density at radius 1 is 1.45 bits per heavy atom. The fraction of sp³-hybridized carbons (Fsp3) is 0.429. The Morgan fingerprint density at radius 3 is 2.95 bits per heavy atom. The number of hydrogen-bond acceptors (Lipinski definition) is 5. The molecule has 8 heteroatoms. The van der Waals surface area contributed by atoms with Crippen molar-refractivity contribution in [1.82, 2.24) is 14.2 Å². The molecule has 0 saturated carbocycles. The van der Waals surface area contributed by atoms with Gasteiger partial charge in [0.25, 0.3) is 0 Å². The highest BCUT2D eigenvalue weighted by Crippen LogP contribution is 2.26. The van der Waals surface area contributed by atoms with Crippen LogP contribution in [0.1, 0.15) is 12.8 Å². The Kier molecular flexibility index (Phi) is 3.92. The van der Waals surface area contributed by atoms with E-state index in [4.69, 9.17) is 0 Å². The van der Waals surface area contributed by atoms with E-state index >= 15 is 0 Å². The Balaban J connectivity index is 1.89. The van der Waals surface area contributed by atoms with E-state index in [1.165, 1.54) is 21.8 Å². The number of pyridine rings is 1. The Labute approximate surface area is 133 Å². The second kappa shape index (κ2) is 5.60. The number of likely N-dealkylation sites (tertiary alicyclic amines) is 1. The quantitative estimate of drug-likeness (QED) is 0.850. The summed E-state index contributed by atoms with van der Waals surface area (Å²) in [4.78, 5) is 17.5. The monoisotopic (exact) mass is 339 g/mol. The van der Waals surface area contributed by atoms with Crippen molar-refractivity contribution in [2.75, 3.05) is 20.6 Å². The van der Waals surface area contributed by atoms with Crippen molar-refractivity contribution in [2.45, 2.75) is 23.8 Å². The maximum Gasteiger partial charge on any atom is 0.244 e. The molecule has 1 fully saturated rings. The van der Waals surface area contributed by atoms with Crippen molar-refractivity contribution in [3.8, 4) is 0 Å². The molecule has 1 saturated heterocycles. The number of carbonyl (C=O) groups is 1. The highest BCUT2D eigenvalue weighted by Gasteiger charge is 2.33. The van der Waals surface area contributed by atoms with Gasteiger partial charge in [0.05, 0.1) is 10.2 Å². The van der Waals surface area contributed by atoms with Gasteiger partial charge in [0.15, 0.2) is 0 Å². The third-order valence-electron chi connectivity index (χ3n) is 4.07. The standard InChI is InChI=1S/C14H17N3O3S2/c1-16-9-10(3-4-14(16)18)17(2)22(19,20)11-7-13-12(15-8-11)5-6-21-13/h5-8,10H,3-4,9H2,1-2H3/t10-/m1/s1. The first-order valence-corrected chi connectivity index (χ1v) is 9.27. The molecule has 118 valence electrons. The van der Waals surface area contributed by atoms with Crippen LogP contribution >= 0.6 is 11.3 Å². The molecule has 2 aromatic heterocycles. The van der Waals surface area contributed by atoms with E-state index in [0.717, 1.165) is 10.2 Å². The van der Waals surface area contributed by atoms with Gasteiger partial charge in [-0.1, -0.05) is 0 Å². The topological polar surface area (TPSA) is 70.6 Å². The zero-order valence-corrected chi connectivity index (χ0v) is 14.0. The number of thiophene rings is 1. The van der Waals surface area contributed by atoms with Crippen molar-refractivity contribution in [3.63, 3.8) is 0 Å². The highest BCUT2D eigenvalue weighted by atomic mass is 32.2. The number of rotatable bonds is 3. The number of aromatic nitrogens is 1. The summed E-state index contributed by atoms with van der Waals surface area (Å²) in [5.74, 6) is 0.0590. The van der Waals surface area contributed by atoms with E-state index in [-0.39, 0.29) is 16.8 Å². The van der Waals surface area contributed by atoms with Gasteiger partial charge in [0, 0.05) is 39.3 Å². The molecule has 22 heavy (non-hydrogen) atoms. The summed E-state index contributed by atoms with van der Waals surface area (Å²) < 4.78 is 27.8. The minimum absolute atomic E-state index is 0.0590. The first-order chi connectivity index (χ1) is 10.4. The van der Waals surface area contributed by atoms with Gasteiger partial charge in [-0.3, -0.25) is 9.78 Å². The molecule has 0 unspecified atom stereocenters. The predicted molar refractivity (Wildman–Crippen MR) is 85.2 cm³/mol. The van der Waals surface area contributed by atoms with Crippen LogP contribution < -0.4 is 0 Å². The van der Waals surface area contributed by atoms with Gasteiger partial charge in [-0.25, -0.2) is 8.42 Å². The number of nitrogens with zero attached hydrogens (tertiary/aromatic N) is 3. The summed E-state index contributed by atoms with van der Waals surface area (Å²) in [7, 11) is -0.335. The highest BCUT2D eigenvalue weighted by molar-refractivity contribution is 7.89. The average Bonchev–Trinajstić information content (AvgIpc) is 2.96. The van der Waals surface area contributed by atoms with Crippen molar-refractivity contribution < 1.29 is 13.2 Å². The minimum atomic E-state index is -3.61. The fourth-order valence-corrected chi connectivity index (χ4v) is 4.82. The number of fused-ring (bicyclic) bond motifs is 1. The van der Waals surface area contributed by atoms with Crippen LogP contribution in [-0.4, -0.2) is 55.2 Å².